The van der Waals surface area contributed by atoms with Crippen LogP contribution in [0.4, 0.5) is 0 Å². The number of hydrogen-bond acceptors (Lipinski definition) is 6. The molecule has 1 heterocycles. The molecule has 0 amide bonds. The van der Waals surface area contributed by atoms with Gasteiger partial charge in [0.05, 0.1) is 22.6 Å². The third-order valence-electron chi connectivity index (χ3n) is 4.21. The summed E-state index contributed by atoms with van der Waals surface area (Å²) in [5, 5.41) is 0.689. The Morgan fingerprint density at radius 3 is 2.52 bits per heavy atom. The van der Waals surface area contributed by atoms with Crippen LogP contribution in [0.1, 0.15) is 25.6 Å². The second-order valence-corrected chi connectivity index (χ2v) is 10.6. The first kappa shape index (κ1) is 21.6. The van der Waals surface area contributed by atoms with Crippen LogP contribution in [0.25, 0.3) is 11.0 Å². The van der Waals surface area contributed by atoms with Crippen LogP contribution >= 0.6 is 11.6 Å². The van der Waals surface area contributed by atoms with Gasteiger partial charge < -0.3 is 9.15 Å². The van der Waals surface area contributed by atoms with Crippen molar-refractivity contribution in [2.24, 2.45) is 0 Å². The molecule has 3 aromatic rings. The SMILES string of the molecule is CCOc1cccc2cc(C(C)NS(=O)(=O)c3cc(S(C)(=O)=O)ccc3Cl)oc12. The Kier molecular flexibility index (Phi) is 5.96. The van der Waals surface area contributed by atoms with E-state index in [9.17, 15) is 16.8 Å². The lowest BCUT2D eigenvalue weighted by atomic mass is 10.2. The van der Waals surface area contributed by atoms with E-state index < -0.39 is 25.9 Å². The van der Waals surface area contributed by atoms with Gasteiger partial charge in [-0.2, -0.15) is 0 Å². The van der Waals surface area contributed by atoms with Gasteiger partial charge in [-0.05, 0) is 44.2 Å². The summed E-state index contributed by atoms with van der Waals surface area (Å²) in [6, 6.07) is 9.94. The average Bonchev–Trinajstić information content (AvgIpc) is 3.06. The lowest BCUT2D eigenvalue weighted by molar-refractivity contribution is 0.336. The van der Waals surface area contributed by atoms with E-state index in [0.29, 0.717) is 23.7 Å². The number of sulfonamides is 1. The van der Waals surface area contributed by atoms with Gasteiger partial charge >= 0.3 is 0 Å². The van der Waals surface area contributed by atoms with Gasteiger partial charge in [-0.3, -0.25) is 0 Å². The standard InChI is InChI=1S/C19H20ClNO6S2/c1-4-26-16-7-5-6-13-10-17(27-19(13)16)12(2)21-29(24,25)18-11-14(28(3,22)23)8-9-15(18)20/h5-12,21H,4H2,1-3H3. The van der Waals surface area contributed by atoms with Gasteiger partial charge in [0.25, 0.3) is 0 Å². The van der Waals surface area contributed by atoms with E-state index in [1.54, 1.807) is 19.1 Å². The van der Waals surface area contributed by atoms with Crippen molar-refractivity contribution in [1.82, 2.24) is 4.72 Å². The van der Waals surface area contributed by atoms with E-state index in [1.165, 1.54) is 12.1 Å². The molecular weight excluding hydrogens is 438 g/mol. The zero-order valence-electron chi connectivity index (χ0n) is 16.0. The minimum Gasteiger partial charge on any atom is -0.490 e. The van der Waals surface area contributed by atoms with Crippen LogP contribution in [0.2, 0.25) is 5.02 Å². The molecule has 2 aromatic carbocycles. The Morgan fingerprint density at radius 1 is 1.14 bits per heavy atom. The topological polar surface area (TPSA) is 103 Å². The van der Waals surface area contributed by atoms with Crippen LogP contribution in [0.5, 0.6) is 5.75 Å². The lowest BCUT2D eigenvalue weighted by Crippen LogP contribution is -2.27. The monoisotopic (exact) mass is 457 g/mol. The van der Waals surface area contributed by atoms with E-state index in [-0.39, 0.29) is 14.8 Å². The molecule has 0 aliphatic heterocycles. The third-order valence-corrected chi connectivity index (χ3v) is 7.34. The summed E-state index contributed by atoms with van der Waals surface area (Å²) >= 11 is 6.03. The van der Waals surface area contributed by atoms with Crippen molar-refractivity contribution < 1.29 is 26.0 Å². The van der Waals surface area contributed by atoms with Crippen LogP contribution in [0.15, 0.2) is 56.7 Å². The minimum absolute atomic E-state index is 0.0830. The first-order valence-electron chi connectivity index (χ1n) is 8.70. The average molecular weight is 458 g/mol. The molecular formula is C19H20ClNO6S2. The van der Waals surface area contributed by atoms with Crippen molar-refractivity contribution in [3.05, 3.63) is 53.2 Å². The quantitative estimate of drug-likeness (QED) is 0.576. The fourth-order valence-corrected chi connectivity index (χ4v) is 5.27. The predicted octanol–water partition coefficient (Wildman–Crippen LogP) is 3.93. The van der Waals surface area contributed by atoms with Crippen LogP contribution in [0.3, 0.4) is 0 Å². The van der Waals surface area contributed by atoms with Crippen molar-refractivity contribution in [2.45, 2.75) is 29.7 Å². The Labute approximate surface area is 174 Å². The number of benzene rings is 2. The molecule has 0 bridgehead atoms. The second-order valence-electron chi connectivity index (χ2n) is 6.46. The summed E-state index contributed by atoms with van der Waals surface area (Å²) in [5.74, 6) is 0.946. The molecule has 3 rings (SSSR count). The van der Waals surface area contributed by atoms with Crippen molar-refractivity contribution >= 4 is 42.4 Å². The maximum Gasteiger partial charge on any atom is 0.242 e. The van der Waals surface area contributed by atoms with Gasteiger partial charge in [0, 0.05) is 11.6 Å². The zero-order valence-corrected chi connectivity index (χ0v) is 18.4. The summed E-state index contributed by atoms with van der Waals surface area (Å²) in [5.41, 5.74) is 0.521. The van der Waals surface area contributed by atoms with Crippen molar-refractivity contribution in [3.63, 3.8) is 0 Å². The fraction of sp³-hybridized carbons (Fsp3) is 0.263. The Bertz CT molecular complexity index is 1270. The number of fused-ring (bicyclic) bond motifs is 1. The summed E-state index contributed by atoms with van der Waals surface area (Å²) in [4.78, 5) is -0.458. The fourth-order valence-electron chi connectivity index (χ4n) is 2.81. The molecule has 1 N–H and O–H groups in total. The summed E-state index contributed by atoms with van der Waals surface area (Å²) < 4.78 is 63.1. The van der Waals surface area contributed by atoms with E-state index in [2.05, 4.69) is 4.72 Å². The predicted molar refractivity (Wildman–Crippen MR) is 111 cm³/mol. The number of furan rings is 1. The minimum atomic E-state index is -4.12. The Hall–Kier alpha value is -2.07. The molecule has 29 heavy (non-hydrogen) atoms. The molecule has 10 heteroatoms. The summed E-state index contributed by atoms with van der Waals surface area (Å²) in [6.45, 7) is 3.93. The van der Waals surface area contributed by atoms with Gasteiger partial charge in [-0.15, -0.1) is 0 Å². The van der Waals surface area contributed by atoms with Crippen molar-refractivity contribution in [1.29, 1.82) is 0 Å². The first-order valence-corrected chi connectivity index (χ1v) is 12.5. The second kappa shape index (κ2) is 7.98. The smallest absolute Gasteiger partial charge is 0.242 e. The molecule has 1 atom stereocenters. The van der Waals surface area contributed by atoms with Crippen LogP contribution < -0.4 is 9.46 Å². The van der Waals surface area contributed by atoms with E-state index in [1.807, 2.05) is 19.1 Å². The van der Waals surface area contributed by atoms with Gasteiger partial charge in [0.15, 0.2) is 21.2 Å². The van der Waals surface area contributed by atoms with Gasteiger partial charge in [0.1, 0.15) is 10.7 Å². The maximum atomic E-state index is 12.8. The molecule has 7 nitrogen and oxygen atoms in total. The van der Waals surface area contributed by atoms with Crippen molar-refractivity contribution in [3.8, 4) is 5.75 Å². The van der Waals surface area contributed by atoms with Crippen LogP contribution in [0, 0.1) is 0 Å². The van der Waals surface area contributed by atoms with Gasteiger partial charge in [-0.25, -0.2) is 21.6 Å². The number of para-hydroxylation sites is 1. The molecule has 0 aliphatic carbocycles. The molecule has 156 valence electrons. The largest absolute Gasteiger partial charge is 0.490 e. The highest BCUT2D eigenvalue weighted by molar-refractivity contribution is 7.91. The number of sulfone groups is 1. The molecule has 0 saturated heterocycles. The maximum absolute atomic E-state index is 12.8. The molecule has 0 fully saturated rings. The molecule has 0 aliphatic rings. The molecule has 1 aromatic heterocycles. The highest BCUT2D eigenvalue weighted by Crippen LogP contribution is 2.32. The van der Waals surface area contributed by atoms with Crippen LogP contribution in [-0.4, -0.2) is 29.7 Å². The van der Waals surface area contributed by atoms with Crippen LogP contribution in [-0.2, 0) is 19.9 Å². The van der Waals surface area contributed by atoms with Gasteiger partial charge in [-0.1, -0.05) is 23.7 Å². The lowest BCUT2D eigenvalue weighted by Gasteiger charge is -2.14. The van der Waals surface area contributed by atoms with Gasteiger partial charge in [0.2, 0.25) is 10.0 Å². The summed E-state index contributed by atoms with van der Waals surface area (Å²) in [6.07, 6.45) is 0.993. The summed E-state index contributed by atoms with van der Waals surface area (Å²) in [7, 11) is -7.71. The number of ether oxygens (including phenoxy) is 1. The number of nitrogens with one attached hydrogen (secondary N) is 1. The first-order chi connectivity index (χ1) is 13.5. The zero-order chi connectivity index (χ0) is 21.4. The number of rotatable bonds is 7. The third kappa shape index (κ3) is 4.58. The molecule has 0 spiro atoms. The Balaban J connectivity index is 1.95. The highest BCUT2D eigenvalue weighted by atomic mass is 35.5. The molecule has 0 radical (unpaired) electrons. The van der Waals surface area contributed by atoms with E-state index in [4.69, 9.17) is 20.8 Å². The van der Waals surface area contributed by atoms with Crippen molar-refractivity contribution in [2.75, 3.05) is 12.9 Å². The normalized spacial score (nSPS) is 13.5. The van der Waals surface area contributed by atoms with E-state index >= 15 is 0 Å². The highest BCUT2D eigenvalue weighted by Gasteiger charge is 2.25. The Morgan fingerprint density at radius 2 is 1.86 bits per heavy atom. The van der Waals surface area contributed by atoms with E-state index in [0.717, 1.165) is 17.7 Å². The number of hydrogen-bond donors (Lipinski definition) is 1. The number of halogens is 1. The molecule has 1 unspecified atom stereocenters. The molecule has 0 saturated carbocycles.